The van der Waals surface area contributed by atoms with Gasteiger partial charge in [0.2, 0.25) is 0 Å². The van der Waals surface area contributed by atoms with E-state index in [4.69, 9.17) is 4.84 Å². The summed E-state index contributed by atoms with van der Waals surface area (Å²) in [4.78, 5) is 5.96. The van der Waals surface area contributed by atoms with Gasteiger partial charge in [0.25, 0.3) is 0 Å². The summed E-state index contributed by atoms with van der Waals surface area (Å²) >= 11 is 0. The summed E-state index contributed by atoms with van der Waals surface area (Å²) in [5, 5.41) is 4.41. The molecule has 2 heteroatoms. The second-order valence-electron chi connectivity index (χ2n) is 6.16. The van der Waals surface area contributed by atoms with Gasteiger partial charge in [-0.3, -0.25) is 0 Å². The molecule has 1 heterocycles. The van der Waals surface area contributed by atoms with Crippen molar-refractivity contribution < 1.29 is 4.84 Å². The lowest BCUT2D eigenvalue weighted by molar-refractivity contribution is 0.0355. The van der Waals surface area contributed by atoms with Crippen LogP contribution in [0.2, 0.25) is 0 Å². The predicted octanol–water partition coefficient (Wildman–Crippen LogP) is 3.12. The summed E-state index contributed by atoms with van der Waals surface area (Å²) in [6.07, 6.45) is 6.57. The molecule has 1 aromatic rings. The lowest BCUT2D eigenvalue weighted by atomic mass is 10.0. The van der Waals surface area contributed by atoms with Crippen LogP contribution in [0.4, 0.5) is 0 Å². The quantitative estimate of drug-likeness (QED) is 0.719. The molecule has 5 rings (SSSR count). The molecule has 0 N–H and O–H groups in total. The molecule has 1 aliphatic heterocycles. The van der Waals surface area contributed by atoms with Gasteiger partial charge in [0.1, 0.15) is 0 Å². The highest BCUT2D eigenvalue weighted by Crippen LogP contribution is 2.96. The van der Waals surface area contributed by atoms with Gasteiger partial charge < -0.3 is 4.84 Å². The van der Waals surface area contributed by atoms with Crippen molar-refractivity contribution in [3.63, 3.8) is 0 Å². The van der Waals surface area contributed by atoms with Crippen LogP contribution in [0.25, 0.3) is 0 Å². The predicted molar refractivity (Wildman–Crippen MR) is 64.7 cm³/mol. The van der Waals surface area contributed by atoms with Crippen molar-refractivity contribution >= 4 is 5.71 Å². The molecule has 0 aromatic heterocycles. The molecule has 0 amide bonds. The Morgan fingerprint density at radius 3 is 2.18 bits per heavy atom. The maximum Gasteiger partial charge on any atom is 0.155 e. The molecule has 0 atom stereocenters. The van der Waals surface area contributed by atoms with Crippen LogP contribution in [-0.4, -0.2) is 11.3 Å². The second-order valence-corrected chi connectivity index (χ2v) is 6.16. The maximum absolute atomic E-state index is 5.96. The van der Waals surface area contributed by atoms with Crippen LogP contribution in [0, 0.1) is 10.8 Å². The van der Waals surface area contributed by atoms with Crippen LogP contribution in [-0.2, 0) is 4.84 Å². The lowest BCUT2D eigenvalue weighted by Crippen LogP contribution is -2.15. The topological polar surface area (TPSA) is 21.6 Å². The number of fused-ring (bicyclic) bond motifs is 3. The van der Waals surface area contributed by atoms with E-state index in [1.165, 1.54) is 37.0 Å². The Labute approximate surface area is 101 Å². The van der Waals surface area contributed by atoms with Gasteiger partial charge in [0.15, 0.2) is 5.60 Å². The number of benzene rings is 1. The summed E-state index contributed by atoms with van der Waals surface area (Å²) in [6, 6.07) is 10.5. The third-order valence-corrected chi connectivity index (χ3v) is 5.73. The van der Waals surface area contributed by atoms with Crippen LogP contribution in [0.15, 0.2) is 35.5 Å². The number of nitrogens with zero attached hydrogens (tertiary/aromatic N) is 1. The minimum Gasteiger partial charge on any atom is -0.387 e. The molecule has 17 heavy (non-hydrogen) atoms. The first-order valence-corrected chi connectivity index (χ1v) is 6.64. The number of hydrogen-bond donors (Lipinski definition) is 0. The van der Waals surface area contributed by atoms with Crippen molar-refractivity contribution in [3.8, 4) is 0 Å². The van der Waals surface area contributed by atoms with Crippen LogP contribution in [0.1, 0.15) is 37.7 Å². The van der Waals surface area contributed by atoms with Gasteiger partial charge in [-0.1, -0.05) is 35.5 Å². The van der Waals surface area contributed by atoms with Crippen molar-refractivity contribution in [1.82, 2.24) is 0 Å². The fraction of sp³-hybridized carbons (Fsp3) is 0.533. The van der Waals surface area contributed by atoms with E-state index >= 15 is 0 Å². The highest BCUT2D eigenvalue weighted by Gasteiger charge is 2.98. The Morgan fingerprint density at radius 1 is 0.941 bits per heavy atom. The summed E-state index contributed by atoms with van der Waals surface area (Å²) in [5.74, 6) is 0. The van der Waals surface area contributed by atoms with Crippen molar-refractivity contribution in [2.45, 2.75) is 37.7 Å². The average molecular weight is 225 g/mol. The number of oxime groups is 1. The Kier molecular flexibility index (Phi) is 1.18. The van der Waals surface area contributed by atoms with Crippen molar-refractivity contribution in [3.05, 3.63) is 35.9 Å². The Bertz CT molecular complexity index is 519. The molecular weight excluding hydrogens is 210 g/mol. The minimum absolute atomic E-state index is 0.130. The SMILES string of the molecule is c1ccc(C2=NOC3(C2)C2(CC2)C32CC2)cc1. The first-order chi connectivity index (χ1) is 8.34. The normalized spacial score (nSPS) is 31.4. The van der Waals surface area contributed by atoms with E-state index < -0.39 is 0 Å². The van der Waals surface area contributed by atoms with Gasteiger partial charge in [0.05, 0.1) is 5.71 Å². The summed E-state index contributed by atoms with van der Waals surface area (Å²) < 4.78 is 0. The zero-order valence-electron chi connectivity index (χ0n) is 9.78. The highest BCUT2D eigenvalue weighted by molar-refractivity contribution is 6.02. The molecule has 0 saturated heterocycles. The van der Waals surface area contributed by atoms with Crippen LogP contribution in [0.3, 0.4) is 0 Å². The van der Waals surface area contributed by atoms with E-state index in [0.717, 1.165) is 6.42 Å². The number of rotatable bonds is 1. The van der Waals surface area contributed by atoms with E-state index in [2.05, 4.69) is 35.5 Å². The molecular formula is C15H15NO. The van der Waals surface area contributed by atoms with E-state index in [0.29, 0.717) is 10.8 Å². The van der Waals surface area contributed by atoms with Gasteiger partial charge in [-0.05, 0) is 31.2 Å². The standard InChI is InChI=1S/C15H15NO/c1-2-4-11(5-3-1)12-10-15(17-16-12)13(6-7-13)14(15)8-9-14/h1-5H,6-10H2. The molecule has 3 aliphatic carbocycles. The summed E-state index contributed by atoms with van der Waals surface area (Å²) in [6.45, 7) is 0. The van der Waals surface area contributed by atoms with Gasteiger partial charge in [-0.15, -0.1) is 0 Å². The Hall–Kier alpha value is -1.31. The highest BCUT2D eigenvalue weighted by atomic mass is 16.7. The smallest absolute Gasteiger partial charge is 0.155 e. The van der Waals surface area contributed by atoms with Crippen LogP contribution < -0.4 is 0 Å². The largest absolute Gasteiger partial charge is 0.387 e. The average Bonchev–Trinajstić information content (AvgIpc) is 3.30. The zero-order chi connectivity index (χ0) is 11.1. The minimum atomic E-state index is 0.130. The molecule has 4 aliphatic rings. The molecule has 0 unspecified atom stereocenters. The van der Waals surface area contributed by atoms with E-state index in [-0.39, 0.29) is 5.60 Å². The summed E-state index contributed by atoms with van der Waals surface area (Å²) in [5.41, 5.74) is 3.65. The third kappa shape index (κ3) is 0.736. The van der Waals surface area contributed by atoms with Crippen LogP contribution in [0.5, 0.6) is 0 Å². The molecule has 3 spiro atoms. The molecule has 0 radical (unpaired) electrons. The Morgan fingerprint density at radius 2 is 1.59 bits per heavy atom. The molecule has 2 nitrogen and oxygen atoms in total. The van der Waals surface area contributed by atoms with Crippen molar-refractivity contribution in [2.24, 2.45) is 16.0 Å². The zero-order valence-corrected chi connectivity index (χ0v) is 9.78. The first kappa shape index (κ1) is 8.73. The molecule has 86 valence electrons. The fourth-order valence-electron chi connectivity index (χ4n) is 4.64. The summed E-state index contributed by atoms with van der Waals surface area (Å²) in [7, 11) is 0. The van der Waals surface area contributed by atoms with E-state index in [9.17, 15) is 0 Å². The molecule has 1 aromatic carbocycles. The van der Waals surface area contributed by atoms with E-state index in [1.54, 1.807) is 0 Å². The number of hydrogen-bond acceptors (Lipinski definition) is 2. The maximum atomic E-state index is 5.96. The van der Waals surface area contributed by atoms with Crippen molar-refractivity contribution in [1.29, 1.82) is 0 Å². The van der Waals surface area contributed by atoms with Gasteiger partial charge in [0, 0.05) is 17.3 Å². The fourth-order valence-corrected chi connectivity index (χ4v) is 4.64. The van der Waals surface area contributed by atoms with E-state index in [1.807, 2.05) is 0 Å². The van der Waals surface area contributed by atoms with Crippen molar-refractivity contribution in [2.75, 3.05) is 0 Å². The third-order valence-electron chi connectivity index (χ3n) is 5.73. The molecule has 0 bridgehead atoms. The molecule has 3 fully saturated rings. The molecule has 3 saturated carbocycles. The lowest BCUT2D eigenvalue weighted by Gasteiger charge is -2.06. The Balaban J connectivity index is 1.51. The van der Waals surface area contributed by atoms with Gasteiger partial charge >= 0.3 is 0 Å². The first-order valence-electron chi connectivity index (χ1n) is 6.64. The van der Waals surface area contributed by atoms with Crippen LogP contribution >= 0.6 is 0 Å². The van der Waals surface area contributed by atoms with Gasteiger partial charge in [-0.25, -0.2) is 0 Å². The second kappa shape index (κ2) is 2.29. The monoisotopic (exact) mass is 225 g/mol. The van der Waals surface area contributed by atoms with Gasteiger partial charge in [-0.2, -0.15) is 0 Å².